The van der Waals surface area contributed by atoms with Crippen molar-refractivity contribution in [3.05, 3.63) is 23.6 Å². The Morgan fingerprint density at radius 1 is 1.70 bits per heavy atom. The number of hydrogen-bond acceptors (Lipinski definition) is 1. The zero-order chi connectivity index (χ0) is 7.56. The van der Waals surface area contributed by atoms with E-state index < -0.39 is 0 Å². The highest BCUT2D eigenvalue weighted by Gasteiger charge is 2.13. The van der Waals surface area contributed by atoms with Crippen molar-refractivity contribution < 1.29 is 4.39 Å². The van der Waals surface area contributed by atoms with Crippen LogP contribution in [0.15, 0.2) is 23.6 Å². The summed E-state index contributed by atoms with van der Waals surface area (Å²) in [5.74, 6) is -0.0819. The zero-order valence-corrected chi connectivity index (χ0v) is 5.76. The van der Waals surface area contributed by atoms with Gasteiger partial charge in [-0.3, -0.25) is 0 Å². The van der Waals surface area contributed by atoms with Crippen LogP contribution < -0.4 is 0 Å². The Kier molecular flexibility index (Phi) is 1.86. The van der Waals surface area contributed by atoms with Crippen LogP contribution in [-0.4, -0.2) is 0 Å². The van der Waals surface area contributed by atoms with Gasteiger partial charge in [-0.25, -0.2) is 4.39 Å². The quantitative estimate of drug-likeness (QED) is 0.502. The number of nitrogens with zero attached hydrogens (tertiary/aromatic N) is 1. The summed E-state index contributed by atoms with van der Waals surface area (Å²) in [5.41, 5.74) is 0.668. The van der Waals surface area contributed by atoms with Crippen LogP contribution >= 0.6 is 0 Å². The molecule has 1 unspecified atom stereocenters. The smallest absolute Gasteiger partial charge is 0.101 e. The molecule has 0 amide bonds. The van der Waals surface area contributed by atoms with E-state index in [1.54, 1.807) is 6.08 Å². The fraction of sp³-hybridized carbons (Fsp3) is 0.375. The van der Waals surface area contributed by atoms with Crippen LogP contribution in [0.4, 0.5) is 4.39 Å². The Bertz CT molecular complexity index is 232. The minimum absolute atomic E-state index is 0.0509. The number of allylic oxidation sites excluding steroid dienone is 4. The summed E-state index contributed by atoms with van der Waals surface area (Å²) in [6.07, 6.45) is 3.28. The van der Waals surface area contributed by atoms with Gasteiger partial charge in [0.05, 0.1) is 6.07 Å². The maximum atomic E-state index is 12.5. The summed E-state index contributed by atoms with van der Waals surface area (Å²) < 4.78 is 12.5. The normalized spacial score (nSPS) is 24.7. The number of halogens is 1. The molecule has 0 radical (unpaired) electrons. The number of nitriles is 1. The molecule has 0 heterocycles. The van der Waals surface area contributed by atoms with E-state index in [0.717, 1.165) is 0 Å². The minimum Gasteiger partial charge on any atom is -0.212 e. The van der Waals surface area contributed by atoms with Gasteiger partial charge in [-0.15, -0.1) is 0 Å². The van der Waals surface area contributed by atoms with E-state index in [4.69, 9.17) is 5.26 Å². The Morgan fingerprint density at radius 3 is 2.90 bits per heavy atom. The molecule has 2 heteroatoms. The Labute approximate surface area is 59.5 Å². The van der Waals surface area contributed by atoms with E-state index in [1.165, 1.54) is 6.08 Å². The molecule has 1 aliphatic carbocycles. The lowest BCUT2D eigenvalue weighted by Gasteiger charge is -2.11. The van der Waals surface area contributed by atoms with Gasteiger partial charge in [-0.2, -0.15) is 5.26 Å². The minimum atomic E-state index is -0.133. The molecule has 0 fully saturated rings. The zero-order valence-electron chi connectivity index (χ0n) is 5.76. The molecule has 0 spiro atoms. The van der Waals surface area contributed by atoms with Gasteiger partial charge in [0, 0.05) is 12.0 Å². The molecule has 0 N–H and O–H groups in total. The molecule has 0 aromatic rings. The van der Waals surface area contributed by atoms with Crippen molar-refractivity contribution in [2.45, 2.75) is 13.3 Å². The first kappa shape index (κ1) is 7.01. The van der Waals surface area contributed by atoms with E-state index in [0.29, 0.717) is 12.0 Å². The maximum absolute atomic E-state index is 12.5. The van der Waals surface area contributed by atoms with Crippen LogP contribution in [0.25, 0.3) is 0 Å². The average Bonchev–Trinajstić information content (AvgIpc) is 1.88. The SMILES string of the molecule is CC1CC(F)=CC=C1C#N. The predicted molar refractivity (Wildman–Crippen MR) is 36.7 cm³/mol. The Morgan fingerprint density at radius 2 is 2.40 bits per heavy atom. The molecule has 1 aliphatic rings. The summed E-state index contributed by atoms with van der Waals surface area (Å²) in [4.78, 5) is 0. The predicted octanol–water partition coefficient (Wildman–Crippen LogP) is 2.33. The van der Waals surface area contributed by atoms with E-state index in [2.05, 4.69) is 0 Å². The van der Waals surface area contributed by atoms with Crippen LogP contribution in [0.3, 0.4) is 0 Å². The number of hydrogen-bond donors (Lipinski definition) is 0. The summed E-state index contributed by atoms with van der Waals surface area (Å²) in [6.45, 7) is 1.85. The van der Waals surface area contributed by atoms with Gasteiger partial charge in [-0.05, 0) is 18.1 Å². The standard InChI is InChI=1S/C8H8FN/c1-6-4-8(9)3-2-7(6)5-10/h2-3,6H,4H2,1H3. The molecule has 0 saturated carbocycles. The molecule has 1 atom stereocenters. The highest BCUT2D eigenvalue weighted by Crippen LogP contribution is 2.24. The second-order valence-electron chi connectivity index (χ2n) is 2.45. The van der Waals surface area contributed by atoms with Gasteiger partial charge in [0.15, 0.2) is 0 Å². The first-order chi connectivity index (χ1) is 4.74. The highest BCUT2D eigenvalue weighted by molar-refractivity contribution is 5.32. The molecule has 1 rings (SSSR count). The largest absolute Gasteiger partial charge is 0.212 e. The molecule has 0 aromatic carbocycles. The van der Waals surface area contributed by atoms with Crippen LogP contribution in [-0.2, 0) is 0 Å². The molecule has 0 saturated heterocycles. The topological polar surface area (TPSA) is 23.8 Å². The Balaban J connectivity index is 2.84. The first-order valence-corrected chi connectivity index (χ1v) is 3.20. The van der Waals surface area contributed by atoms with Gasteiger partial charge in [0.1, 0.15) is 5.83 Å². The summed E-state index contributed by atoms with van der Waals surface area (Å²) in [6, 6.07) is 2.02. The lowest BCUT2D eigenvalue weighted by atomic mass is 9.94. The molecule has 0 bridgehead atoms. The van der Waals surface area contributed by atoms with Crippen LogP contribution in [0.2, 0.25) is 0 Å². The van der Waals surface area contributed by atoms with Gasteiger partial charge in [-0.1, -0.05) is 6.92 Å². The summed E-state index contributed by atoms with van der Waals surface area (Å²) in [5, 5.41) is 8.48. The summed E-state index contributed by atoms with van der Waals surface area (Å²) >= 11 is 0. The van der Waals surface area contributed by atoms with Gasteiger partial charge in [0.25, 0.3) is 0 Å². The highest BCUT2D eigenvalue weighted by atomic mass is 19.1. The van der Waals surface area contributed by atoms with E-state index >= 15 is 0 Å². The maximum Gasteiger partial charge on any atom is 0.101 e. The van der Waals surface area contributed by atoms with E-state index in [9.17, 15) is 4.39 Å². The third-order valence-corrected chi connectivity index (χ3v) is 1.60. The van der Waals surface area contributed by atoms with E-state index in [-0.39, 0.29) is 11.7 Å². The van der Waals surface area contributed by atoms with Crippen LogP contribution in [0.5, 0.6) is 0 Å². The lowest BCUT2D eigenvalue weighted by Crippen LogP contribution is -2.01. The first-order valence-electron chi connectivity index (χ1n) is 3.20. The molecule has 0 aliphatic heterocycles. The fourth-order valence-corrected chi connectivity index (χ4v) is 0.962. The van der Waals surface area contributed by atoms with Crippen molar-refractivity contribution >= 4 is 0 Å². The number of rotatable bonds is 0. The van der Waals surface area contributed by atoms with Gasteiger partial charge < -0.3 is 0 Å². The second kappa shape index (κ2) is 2.66. The van der Waals surface area contributed by atoms with Crippen molar-refractivity contribution in [3.8, 4) is 6.07 Å². The van der Waals surface area contributed by atoms with Crippen molar-refractivity contribution in [2.24, 2.45) is 5.92 Å². The fourth-order valence-electron chi connectivity index (χ4n) is 0.962. The van der Waals surface area contributed by atoms with E-state index in [1.807, 2.05) is 13.0 Å². The van der Waals surface area contributed by atoms with Crippen molar-refractivity contribution in [1.29, 1.82) is 5.26 Å². The molecule has 1 nitrogen and oxygen atoms in total. The average molecular weight is 137 g/mol. The summed E-state index contributed by atoms with van der Waals surface area (Å²) in [7, 11) is 0. The third-order valence-electron chi connectivity index (χ3n) is 1.60. The third kappa shape index (κ3) is 1.24. The van der Waals surface area contributed by atoms with Gasteiger partial charge >= 0.3 is 0 Å². The monoisotopic (exact) mass is 137 g/mol. The molecule has 0 aromatic heterocycles. The second-order valence-corrected chi connectivity index (χ2v) is 2.45. The van der Waals surface area contributed by atoms with Crippen molar-refractivity contribution in [3.63, 3.8) is 0 Å². The molecular weight excluding hydrogens is 129 g/mol. The molecule has 10 heavy (non-hydrogen) atoms. The molecular formula is C8H8FN. The van der Waals surface area contributed by atoms with Crippen molar-refractivity contribution in [1.82, 2.24) is 0 Å². The van der Waals surface area contributed by atoms with Crippen molar-refractivity contribution in [2.75, 3.05) is 0 Å². The lowest BCUT2D eigenvalue weighted by molar-refractivity contribution is 0.527. The van der Waals surface area contributed by atoms with Gasteiger partial charge in [0.2, 0.25) is 0 Å². The Hall–Kier alpha value is -1.10. The van der Waals surface area contributed by atoms with Crippen LogP contribution in [0, 0.1) is 17.2 Å². The van der Waals surface area contributed by atoms with Crippen LogP contribution in [0.1, 0.15) is 13.3 Å². The molecule has 52 valence electrons.